The van der Waals surface area contributed by atoms with Crippen LogP contribution in [0.5, 0.6) is 0 Å². The summed E-state index contributed by atoms with van der Waals surface area (Å²) in [6, 6.07) is 21.7. The molecule has 188 valence electrons. The van der Waals surface area contributed by atoms with Gasteiger partial charge in [-0.05, 0) is 41.5 Å². The zero-order valence-corrected chi connectivity index (χ0v) is 20.7. The standard InChI is InChI=1S/C27H26F3N3O2S/c1-3-33(36(34,35)23-12-9-21(10-13-23)20-7-5-4-6-8-20)18-17-32(2)26-15-16-31-25-19-22(27(28,29)30)11-14-24(25)26/h4-16,19H,3,17-18H2,1-2H3. The molecule has 0 saturated heterocycles. The van der Waals surface area contributed by atoms with Crippen molar-refractivity contribution in [3.63, 3.8) is 0 Å². The molecule has 0 bridgehead atoms. The number of alkyl halides is 3. The van der Waals surface area contributed by atoms with Crippen LogP contribution < -0.4 is 4.90 Å². The van der Waals surface area contributed by atoms with Crippen molar-refractivity contribution < 1.29 is 21.6 Å². The molecule has 0 saturated carbocycles. The predicted molar refractivity (Wildman–Crippen MR) is 136 cm³/mol. The van der Waals surface area contributed by atoms with Crippen LogP contribution in [0.1, 0.15) is 12.5 Å². The summed E-state index contributed by atoms with van der Waals surface area (Å²) >= 11 is 0. The Morgan fingerprint density at radius 1 is 0.861 bits per heavy atom. The van der Waals surface area contributed by atoms with E-state index in [-0.39, 0.29) is 23.5 Å². The first-order valence-electron chi connectivity index (χ1n) is 11.4. The van der Waals surface area contributed by atoms with Gasteiger partial charge in [0.1, 0.15) is 0 Å². The maximum Gasteiger partial charge on any atom is 0.416 e. The molecule has 36 heavy (non-hydrogen) atoms. The quantitative estimate of drug-likeness (QED) is 0.287. The SMILES string of the molecule is CCN(CCN(C)c1ccnc2cc(C(F)(F)F)ccc12)S(=O)(=O)c1ccc(-c2ccccc2)cc1. The number of pyridine rings is 1. The van der Waals surface area contributed by atoms with Crippen LogP contribution in [0, 0.1) is 0 Å². The topological polar surface area (TPSA) is 53.5 Å². The molecular formula is C27H26F3N3O2S. The third kappa shape index (κ3) is 5.37. The summed E-state index contributed by atoms with van der Waals surface area (Å²) in [5.74, 6) is 0. The zero-order chi connectivity index (χ0) is 25.9. The number of likely N-dealkylation sites (N-methyl/N-ethyl adjacent to an activating group) is 2. The van der Waals surface area contributed by atoms with Gasteiger partial charge in [-0.15, -0.1) is 0 Å². The summed E-state index contributed by atoms with van der Waals surface area (Å²) in [6.07, 6.45) is -3.00. The Kier molecular flexibility index (Phi) is 7.33. The molecule has 0 atom stereocenters. The van der Waals surface area contributed by atoms with E-state index >= 15 is 0 Å². The van der Waals surface area contributed by atoms with Crippen molar-refractivity contribution in [2.75, 3.05) is 31.6 Å². The lowest BCUT2D eigenvalue weighted by Crippen LogP contribution is -2.37. The summed E-state index contributed by atoms with van der Waals surface area (Å²) in [6.45, 7) is 2.61. The minimum atomic E-state index is -4.45. The fourth-order valence-electron chi connectivity index (χ4n) is 4.07. The Bertz CT molecular complexity index is 1440. The van der Waals surface area contributed by atoms with Gasteiger partial charge in [0.05, 0.1) is 16.0 Å². The summed E-state index contributed by atoms with van der Waals surface area (Å²) in [7, 11) is -1.94. The van der Waals surface area contributed by atoms with Crippen molar-refractivity contribution >= 4 is 26.6 Å². The smallest absolute Gasteiger partial charge is 0.373 e. The summed E-state index contributed by atoms with van der Waals surface area (Å²) in [5.41, 5.74) is 2.07. The molecule has 4 rings (SSSR count). The van der Waals surface area contributed by atoms with E-state index in [1.807, 2.05) is 35.2 Å². The Balaban J connectivity index is 1.51. The molecule has 0 fully saturated rings. The average Bonchev–Trinajstić information content (AvgIpc) is 2.88. The highest BCUT2D eigenvalue weighted by Crippen LogP contribution is 2.33. The number of halogens is 3. The molecule has 5 nitrogen and oxygen atoms in total. The predicted octanol–water partition coefficient (Wildman–Crippen LogP) is 6.07. The minimum Gasteiger partial charge on any atom is -0.373 e. The van der Waals surface area contributed by atoms with Crippen LogP contribution in [0.4, 0.5) is 18.9 Å². The van der Waals surface area contributed by atoms with Gasteiger partial charge in [-0.25, -0.2) is 8.42 Å². The van der Waals surface area contributed by atoms with Crippen LogP contribution in [-0.4, -0.2) is 44.4 Å². The number of sulfonamides is 1. The van der Waals surface area contributed by atoms with E-state index in [0.717, 1.165) is 23.3 Å². The van der Waals surface area contributed by atoms with E-state index in [0.29, 0.717) is 17.6 Å². The number of aromatic nitrogens is 1. The third-order valence-electron chi connectivity index (χ3n) is 6.10. The Labute approximate surface area is 208 Å². The van der Waals surface area contributed by atoms with Crippen molar-refractivity contribution in [3.05, 3.63) is 90.6 Å². The molecule has 0 amide bonds. The van der Waals surface area contributed by atoms with E-state index in [9.17, 15) is 21.6 Å². The third-order valence-corrected chi connectivity index (χ3v) is 8.08. The van der Waals surface area contributed by atoms with Crippen molar-refractivity contribution in [1.29, 1.82) is 0 Å². The summed E-state index contributed by atoms with van der Waals surface area (Å²) in [5, 5.41) is 0.565. The molecule has 0 radical (unpaired) electrons. The first-order valence-corrected chi connectivity index (χ1v) is 12.9. The fourth-order valence-corrected chi connectivity index (χ4v) is 5.51. The molecule has 9 heteroatoms. The van der Waals surface area contributed by atoms with Crippen molar-refractivity contribution in [1.82, 2.24) is 9.29 Å². The normalized spacial score (nSPS) is 12.3. The summed E-state index contributed by atoms with van der Waals surface area (Å²) in [4.78, 5) is 6.12. The highest BCUT2D eigenvalue weighted by Gasteiger charge is 2.31. The van der Waals surface area contributed by atoms with Crippen LogP contribution >= 0.6 is 0 Å². The molecule has 1 heterocycles. The number of hydrogen-bond donors (Lipinski definition) is 0. The molecule has 0 aliphatic heterocycles. The Hall–Kier alpha value is -3.43. The van der Waals surface area contributed by atoms with Gasteiger partial charge < -0.3 is 4.90 Å². The zero-order valence-electron chi connectivity index (χ0n) is 19.9. The van der Waals surface area contributed by atoms with E-state index in [1.165, 1.54) is 16.6 Å². The van der Waals surface area contributed by atoms with Gasteiger partial charge in [-0.3, -0.25) is 4.98 Å². The molecule has 0 unspecified atom stereocenters. The number of fused-ring (bicyclic) bond motifs is 1. The molecule has 0 aliphatic rings. The number of rotatable bonds is 8. The second kappa shape index (κ2) is 10.3. The Morgan fingerprint density at radius 2 is 1.53 bits per heavy atom. The van der Waals surface area contributed by atoms with Gasteiger partial charge in [0, 0.05) is 44.0 Å². The van der Waals surface area contributed by atoms with Crippen LogP contribution in [0.15, 0.2) is 90.0 Å². The van der Waals surface area contributed by atoms with Crippen LogP contribution in [0.2, 0.25) is 0 Å². The molecule has 0 N–H and O–H groups in total. The molecule has 0 aliphatic carbocycles. The van der Waals surface area contributed by atoms with Gasteiger partial charge in [-0.2, -0.15) is 17.5 Å². The Morgan fingerprint density at radius 3 is 2.17 bits per heavy atom. The van der Waals surface area contributed by atoms with Crippen molar-refractivity contribution in [3.8, 4) is 11.1 Å². The highest BCUT2D eigenvalue weighted by molar-refractivity contribution is 7.89. The van der Waals surface area contributed by atoms with Crippen LogP contribution in [0.25, 0.3) is 22.0 Å². The maximum absolute atomic E-state index is 13.3. The molecular weight excluding hydrogens is 487 g/mol. The number of anilines is 1. The highest BCUT2D eigenvalue weighted by atomic mass is 32.2. The lowest BCUT2D eigenvalue weighted by atomic mass is 10.1. The van der Waals surface area contributed by atoms with E-state index < -0.39 is 21.8 Å². The van der Waals surface area contributed by atoms with E-state index in [2.05, 4.69) is 4.98 Å². The minimum absolute atomic E-state index is 0.209. The number of hydrogen-bond acceptors (Lipinski definition) is 4. The van der Waals surface area contributed by atoms with Gasteiger partial charge in [0.2, 0.25) is 10.0 Å². The molecule has 4 aromatic rings. The van der Waals surface area contributed by atoms with E-state index in [1.54, 1.807) is 44.3 Å². The summed E-state index contributed by atoms with van der Waals surface area (Å²) < 4.78 is 67.2. The first-order chi connectivity index (χ1) is 17.1. The lowest BCUT2D eigenvalue weighted by molar-refractivity contribution is -0.137. The van der Waals surface area contributed by atoms with Crippen molar-refractivity contribution in [2.24, 2.45) is 0 Å². The monoisotopic (exact) mass is 513 g/mol. The number of benzene rings is 3. The number of nitrogens with zero attached hydrogens (tertiary/aromatic N) is 3. The van der Waals surface area contributed by atoms with E-state index in [4.69, 9.17) is 0 Å². The van der Waals surface area contributed by atoms with Crippen LogP contribution in [-0.2, 0) is 16.2 Å². The second-order valence-corrected chi connectivity index (χ2v) is 10.3. The first kappa shape index (κ1) is 25.7. The van der Waals surface area contributed by atoms with Gasteiger partial charge in [0.15, 0.2) is 0 Å². The molecule has 0 spiro atoms. The largest absolute Gasteiger partial charge is 0.416 e. The average molecular weight is 514 g/mol. The fraction of sp³-hybridized carbons (Fsp3) is 0.222. The van der Waals surface area contributed by atoms with Gasteiger partial charge >= 0.3 is 6.18 Å². The van der Waals surface area contributed by atoms with Crippen LogP contribution in [0.3, 0.4) is 0 Å². The second-order valence-electron chi connectivity index (χ2n) is 8.37. The molecule has 1 aromatic heterocycles. The van der Waals surface area contributed by atoms with Gasteiger partial charge in [-0.1, -0.05) is 55.5 Å². The van der Waals surface area contributed by atoms with Gasteiger partial charge in [0.25, 0.3) is 0 Å². The maximum atomic E-state index is 13.3. The molecule has 3 aromatic carbocycles. The lowest BCUT2D eigenvalue weighted by Gasteiger charge is -2.26. The van der Waals surface area contributed by atoms with Crippen molar-refractivity contribution in [2.45, 2.75) is 18.0 Å².